The minimum absolute atomic E-state index is 0.0292. The molecular formula is C22H24N4O3. The van der Waals surface area contributed by atoms with Gasteiger partial charge in [-0.3, -0.25) is 9.78 Å². The predicted octanol–water partition coefficient (Wildman–Crippen LogP) is 4.17. The third-order valence-corrected chi connectivity index (χ3v) is 5.51. The van der Waals surface area contributed by atoms with Crippen LogP contribution in [0.5, 0.6) is 5.88 Å². The van der Waals surface area contributed by atoms with Crippen LogP contribution in [0.2, 0.25) is 0 Å². The number of H-pyrrole nitrogens is 1. The second-order valence-electron chi connectivity index (χ2n) is 7.54. The van der Waals surface area contributed by atoms with Crippen molar-refractivity contribution in [3.8, 4) is 28.5 Å². The molecule has 0 saturated heterocycles. The number of ether oxygens (including phenoxy) is 1. The quantitative estimate of drug-likeness (QED) is 0.676. The van der Waals surface area contributed by atoms with E-state index in [1.807, 2.05) is 38.1 Å². The van der Waals surface area contributed by atoms with Gasteiger partial charge >= 0.3 is 5.97 Å². The van der Waals surface area contributed by atoms with E-state index in [1.54, 1.807) is 12.4 Å². The molecule has 4 rings (SSSR count). The van der Waals surface area contributed by atoms with Crippen LogP contribution in [0, 0.1) is 19.8 Å². The van der Waals surface area contributed by atoms with Gasteiger partial charge in [0.05, 0.1) is 17.3 Å². The number of imidazole rings is 1. The van der Waals surface area contributed by atoms with Gasteiger partial charge in [0.25, 0.3) is 0 Å². The number of hydrogen-bond donors (Lipinski definition) is 2. The van der Waals surface area contributed by atoms with E-state index in [0.717, 1.165) is 46.9 Å². The molecule has 1 aliphatic carbocycles. The molecule has 0 aliphatic heterocycles. The number of pyridine rings is 2. The molecule has 1 fully saturated rings. The number of aromatic amines is 1. The fourth-order valence-corrected chi connectivity index (χ4v) is 3.59. The van der Waals surface area contributed by atoms with Gasteiger partial charge < -0.3 is 14.8 Å². The lowest BCUT2D eigenvalue weighted by Gasteiger charge is -2.26. The number of aromatic nitrogens is 4. The van der Waals surface area contributed by atoms with E-state index in [1.165, 1.54) is 0 Å². The molecule has 3 heterocycles. The molecule has 1 aliphatic rings. The highest BCUT2D eigenvalue weighted by Crippen LogP contribution is 2.28. The van der Waals surface area contributed by atoms with Crippen LogP contribution in [0.15, 0.2) is 36.7 Å². The smallest absolute Gasteiger partial charge is 0.306 e. The monoisotopic (exact) mass is 392 g/mol. The van der Waals surface area contributed by atoms with E-state index in [4.69, 9.17) is 9.84 Å². The van der Waals surface area contributed by atoms with Crippen LogP contribution in [0.3, 0.4) is 0 Å². The van der Waals surface area contributed by atoms with Gasteiger partial charge in [0, 0.05) is 35.3 Å². The van der Waals surface area contributed by atoms with Crippen molar-refractivity contribution < 1.29 is 14.6 Å². The Labute approximate surface area is 169 Å². The Balaban J connectivity index is 1.39. The Kier molecular flexibility index (Phi) is 5.29. The first-order chi connectivity index (χ1) is 14.0. The molecule has 29 heavy (non-hydrogen) atoms. The first-order valence-corrected chi connectivity index (χ1v) is 9.85. The molecule has 7 nitrogen and oxygen atoms in total. The maximum absolute atomic E-state index is 11.0. The van der Waals surface area contributed by atoms with Crippen molar-refractivity contribution in [3.05, 3.63) is 48.0 Å². The molecule has 0 amide bonds. The SMILES string of the molecule is Cc1nc(-c2ccc(-c3ccc(OC4CCC(C(=O)O)CC4)nc3)nc2)[nH]c1C. The summed E-state index contributed by atoms with van der Waals surface area (Å²) in [4.78, 5) is 27.8. The summed E-state index contributed by atoms with van der Waals surface area (Å²) in [7, 11) is 0. The van der Waals surface area contributed by atoms with Gasteiger partial charge in [0.1, 0.15) is 11.9 Å². The molecule has 0 bridgehead atoms. The number of aliphatic carboxylic acids is 1. The van der Waals surface area contributed by atoms with Crippen LogP contribution in [0.25, 0.3) is 22.6 Å². The number of carboxylic acids is 1. The molecule has 0 atom stereocenters. The normalized spacial score (nSPS) is 19.1. The predicted molar refractivity (Wildman–Crippen MR) is 109 cm³/mol. The first-order valence-electron chi connectivity index (χ1n) is 9.85. The largest absolute Gasteiger partial charge is 0.481 e. The Morgan fingerprint density at radius 1 is 1.03 bits per heavy atom. The van der Waals surface area contributed by atoms with E-state index in [9.17, 15) is 4.79 Å². The van der Waals surface area contributed by atoms with E-state index in [-0.39, 0.29) is 12.0 Å². The number of rotatable bonds is 5. The summed E-state index contributed by atoms with van der Waals surface area (Å²) in [6, 6.07) is 7.72. The molecule has 0 spiro atoms. The molecule has 3 aromatic heterocycles. The standard InChI is InChI=1S/C22H24N4O3/c1-13-14(2)26-21(25-13)17-5-9-19(23-12-17)16-6-10-20(24-11-16)29-18-7-3-15(4-8-18)22(27)28/h5-6,9-12,15,18H,3-4,7-8H2,1-2H3,(H,25,26)(H,27,28). The molecule has 7 heteroatoms. The fourth-order valence-electron chi connectivity index (χ4n) is 3.59. The number of hydrogen-bond acceptors (Lipinski definition) is 5. The summed E-state index contributed by atoms with van der Waals surface area (Å²) in [5.74, 6) is 0.430. The summed E-state index contributed by atoms with van der Waals surface area (Å²) in [5.41, 5.74) is 4.72. The van der Waals surface area contributed by atoms with Crippen LogP contribution in [-0.2, 0) is 4.79 Å². The van der Waals surface area contributed by atoms with Gasteiger partial charge in [-0.25, -0.2) is 9.97 Å². The summed E-state index contributed by atoms with van der Waals surface area (Å²) >= 11 is 0. The Hall–Kier alpha value is -3.22. The maximum Gasteiger partial charge on any atom is 0.306 e. The minimum atomic E-state index is -0.707. The second kappa shape index (κ2) is 8.03. The maximum atomic E-state index is 11.0. The van der Waals surface area contributed by atoms with Crippen molar-refractivity contribution in [2.24, 2.45) is 5.92 Å². The molecular weight excluding hydrogens is 368 g/mol. The lowest BCUT2D eigenvalue weighted by atomic mass is 9.87. The summed E-state index contributed by atoms with van der Waals surface area (Å²) in [6.45, 7) is 3.98. The van der Waals surface area contributed by atoms with Crippen molar-refractivity contribution in [3.63, 3.8) is 0 Å². The highest BCUT2D eigenvalue weighted by Gasteiger charge is 2.27. The van der Waals surface area contributed by atoms with Gasteiger partial charge in [-0.1, -0.05) is 0 Å². The van der Waals surface area contributed by atoms with Crippen molar-refractivity contribution >= 4 is 5.97 Å². The van der Waals surface area contributed by atoms with Gasteiger partial charge in [0.2, 0.25) is 5.88 Å². The van der Waals surface area contributed by atoms with Gasteiger partial charge in [-0.05, 0) is 57.7 Å². The third-order valence-electron chi connectivity index (χ3n) is 5.51. The Bertz CT molecular complexity index is 968. The molecule has 2 N–H and O–H groups in total. The summed E-state index contributed by atoms with van der Waals surface area (Å²) in [6.07, 6.45) is 6.39. The highest BCUT2D eigenvalue weighted by molar-refractivity contribution is 5.70. The van der Waals surface area contributed by atoms with Crippen LogP contribution in [-0.4, -0.2) is 37.1 Å². The molecule has 3 aromatic rings. The summed E-state index contributed by atoms with van der Waals surface area (Å²) < 4.78 is 5.93. The lowest BCUT2D eigenvalue weighted by Crippen LogP contribution is -2.28. The number of aryl methyl sites for hydroxylation is 2. The van der Waals surface area contributed by atoms with Crippen molar-refractivity contribution in [2.45, 2.75) is 45.6 Å². The van der Waals surface area contributed by atoms with E-state index in [2.05, 4.69) is 19.9 Å². The molecule has 0 aromatic carbocycles. The molecule has 1 saturated carbocycles. The van der Waals surface area contributed by atoms with Crippen LogP contribution >= 0.6 is 0 Å². The zero-order valence-corrected chi connectivity index (χ0v) is 16.6. The van der Waals surface area contributed by atoms with Crippen molar-refractivity contribution in [1.29, 1.82) is 0 Å². The topological polar surface area (TPSA) is 101 Å². The minimum Gasteiger partial charge on any atom is -0.481 e. The van der Waals surface area contributed by atoms with Gasteiger partial charge in [0.15, 0.2) is 0 Å². The van der Waals surface area contributed by atoms with Gasteiger partial charge in [-0.15, -0.1) is 0 Å². The zero-order chi connectivity index (χ0) is 20.4. The van der Waals surface area contributed by atoms with Crippen molar-refractivity contribution in [2.75, 3.05) is 0 Å². The van der Waals surface area contributed by atoms with E-state index in [0.29, 0.717) is 18.7 Å². The van der Waals surface area contributed by atoms with Crippen LogP contribution in [0.4, 0.5) is 0 Å². The Morgan fingerprint density at radius 2 is 1.76 bits per heavy atom. The zero-order valence-electron chi connectivity index (χ0n) is 16.6. The van der Waals surface area contributed by atoms with E-state index < -0.39 is 5.97 Å². The average molecular weight is 392 g/mol. The average Bonchev–Trinajstić information content (AvgIpc) is 3.08. The molecule has 0 unspecified atom stereocenters. The number of nitrogens with zero attached hydrogens (tertiary/aromatic N) is 3. The third kappa shape index (κ3) is 4.29. The number of carboxylic acid groups (broad SMARTS) is 1. The van der Waals surface area contributed by atoms with Gasteiger partial charge in [-0.2, -0.15) is 0 Å². The number of nitrogens with one attached hydrogen (secondary N) is 1. The second-order valence-corrected chi connectivity index (χ2v) is 7.54. The number of carbonyl (C=O) groups is 1. The molecule has 0 radical (unpaired) electrons. The first kappa shape index (κ1) is 19.1. The lowest BCUT2D eigenvalue weighted by molar-refractivity contribution is -0.143. The molecule has 150 valence electrons. The highest BCUT2D eigenvalue weighted by atomic mass is 16.5. The van der Waals surface area contributed by atoms with E-state index >= 15 is 0 Å². The van der Waals surface area contributed by atoms with Crippen LogP contribution in [0.1, 0.15) is 37.1 Å². The Morgan fingerprint density at radius 3 is 2.31 bits per heavy atom. The fraction of sp³-hybridized carbons (Fsp3) is 0.364. The van der Waals surface area contributed by atoms with Crippen molar-refractivity contribution in [1.82, 2.24) is 19.9 Å². The van der Waals surface area contributed by atoms with Crippen LogP contribution < -0.4 is 4.74 Å². The summed E-state index contributed by atoms with van der Waals surface area (Å²) in [5, 5.41) is 9.08.